The lowest BCUT2D eigenvalue weighted by Crippen LogP contribution is -2.70. The van der Waals surface area contributed by atoms with Crippen LogP contribution in [0.25, 0.3) is 0 Å². The van der Waals surface area contributed by atoms with Gasteiger partial charge in [0.05, 0.1) is 12.2 Å². The monoisotopic (exact) mass is 255 g/mol. The average molecular weight is 255 g/mol. The molecular weight excluding hydrogens is 226 g/mol. The molecule has 0 bridgehead atoms. The maximum absolute atomic E-state index is 10.1. The van der Waals surface area contributed by atoms with E-state index in [-0.39, 0.29) is 16.9 Å². The quantitative estimate of drug-likeness (QED) is 0.812. The lowest BCUT2D eigenvalue weighted by molar-refractivity contribution is -0.194. The van der Waals surface area contributed by atoms with Crippen molar-refractivity contribution < 1.29 is 9.84 Å². The van der Waals surface area contributed by atoms with Crippen molar-refractivity contribution in [1.82, 2.24) is 5.32 Å². The zero-order valence-electron chi connectivity index (χ0n) is 12.5. The predicted octanol–water partition coefficient (Wildman–Crippen LogP) is 2.19. The van der Waals surface area contributed by atoms with Gasteiger partial charge in [-0.2, -0.15) is 0 Å². The molecule has 1 heterocycles. The SMILES string of the molecule is CC(C)(C)C(O)CNC1C2CCCOC2C1(C)C. The molecule has 0 radical (unpaired) electrons. The van der Waals surface area contributed by atoms with Crippen LogP contribution in [0.5, 0.6) is 0 Å². The molecule has 0 aromatic heterocycles. The van der Waals surface area contributed by atoms with Gasteiger partial charge in [0.15, 0.2) is 0 Å². The van der Waals surface area contributed by atoms with Crippen LogP contribution in [-0.2, 0) is 4.74 Å². The largest absolute Gasteiger partial charge is 0.391 e. The standard InChI is InChI=1S/C15H29NO2/c1-14(2,3)11(17)9-16-12-10-7-6-8-18-13(10)15(12,4)5/h10-13,16-17H,6-9H2,1-5H3. The highest BCUT2D eigenvalue weighted by Gasteiger charge is 2.57. The molecule has 0 aromatic rings. The molecule has 4 unspecified atom stereocenters. The van der Waals surface area contributed by atoms with E-state index in [0.29, 0.717) is 24.6 Å². The molecule has 106 valence electrons. The molecule has 0 aromatic carbocycles. The first-order valence-corrected chi connectivity index (χ1v) is 7.27. The van der Waals surface area contributed by atoms with Crippen LogP contribution in [0.3, 0.4) is 0 Å². The lowest BCUT2D eigenvalue weighted by Gasteiger charge is -2.60. The van der Waals surface area contributed by atoms with Gasteiger partial charge in [-0.25, -0.2) is 0 Å². The van der Waals surface area contributed by atoms with Crippen molar-refractivity contribution in [3.63, 3.8) is 0 Å². The van der Waals surface area contributed by atoms with Crippen molar-refractivity contribution in [1.29, 1.82) is 0 Å². The van der Waals surface area contributed by atoms with Crippen LogP contribution >= 0.6 is 0 Å². The van der Waals surface area contributed by atoms with Crippen molar-refractivity contribution in [3.05, 3.63) is 0 Å². The van der Waals surface area contributed by atoms with Crippen molar-refractivity contribution in [3.8, 4) is 0 Å². The van der Waals surface area contributed by atoms with Gasteiger partial charge in [-0.15, -0.1) is 0 Å². The van der Waals surface area contributed by atoms with Gasteiger partial charge in [0, 0.05) is 30.5 Å². The molecule has 3 heteroatoms. The first-order valence-electron chi connectivity index (χ1n) is 7.27. The minimum absolute atomic E-state index is 0.0522. The second kappa shape index (κ2) is 4.77. The summed E-state index contributed by atoms with van der Waals surface area (Å²) in [5, 5.41) is 13.7. The number of aliphatic hydroxyl groups is 1. The Morgan fingerprint density at radius 2 is 2.06 bits per heavy atom. The average Bonchev–Trinajstić information content (AvgIpc) is 2.27. The molecular formula is C15H29NO2. The second-order valence-corrected chi connectivity index (χ2v) is 7.69. The zero-order valence-corrected chi connectivity index (χ0v) is 12.5. The molecule has 2 fully saturated rings. The van der Waals surface area contributed by atoms with Crippen LogP contribution in [0.2, 0.25) is 0 Å². The summed E-state index contributed by atoms with van der Waals surface area (Å²) in [6, 6.07) is 0.486. The zero-order chi connectivity index (χ0) is 13.6. The van der Waals surface area contributed by atoms with E-state index in [1.54, 1.807) is 0 Å². The Hall–Kier alpha value is -0.120. The van der Waals surface area contributed by atoms with Gasteiger partial charge < -0.3 is 15.2 Å². The molecule has 2 rings (SSSR count). The summed E-state index contributed by atoms with van der Waals surface area (Å²) in [7, 11) is 0. The van der Waals surface area contributed by atoms with Crippen molar-refractivity contribution >= 4 is 0 Å². The maximum atomic E-state index is 10.1. The minimum Gasteiger partial charge on any atom is -0.391 e. The first kappa shape index (κ1) is 14.3. The highest BCUT2D eigenvalue weighted by molar-refractivity contribution is 5.10. The van der Waals surface area contributed by atoms with Gasteiger partial charge in [-0.05, 0) is 18.3 Å². The fourth-order valence-corrected chi connectivity index (χ4v) is 3.48. The van der Waals surface area contributed by atoms with E-state index in [1.807, 2.05) is 0 Å². The number of nitrogens with one attached hydrogen (secondary N) is 1. The summed E-state index contributed by atoms with van der Waals surface area (Å²) in [5.41, 5.74) is 0.145. The fraction of sp³-hybridized carbons (Fsp3) is 1.00. The molecule has 2 N–H and O–H groups in total. The summed E-state index contributed by atoms with van der Waals surface area (Å²) in [6.07, 6.45) is 2.56. The van der Waals surface area contributed by atoms with Gasteiger partial charge in [0.1, 0.15) is 0 Å². The van der Waals surface area contributed by atoms with Crippen LogP contribution in [0.15, 0.2) is 0 Å². The Morgan fingerprint density at radius 3 is 2.67 bits per heavy atom. The smallest absolute Gasteiger partial charge is 0.0712 e. The molecule has 1 aliphatic heterocycles. The predicted molar refractivity (Wildman–Crippen MR) is 73.5 cm³/mol. The molecule has 0 spiro atoms. The topological polar surface area (TPSA) is 41.5 Å². The van der Waals surface area contributed by atoms with Crippen LogP contribution in [0.1, 0.15) is 47.5 Å². The minimum atomic E-state index is -0.295. The Morgan fingerprint density at radius 1 is 1.39 bits per heavy atom. The molecule has 3 nitrogen and oxygen atoms in total. The summed E-state index contributed by atoms with van der Waals surface area (Å²) in [4.78, 5) is 0. The summed E-state index contributed by atoms with van der Waals surface area (Å²) >= 11 is 0. The number of hydrogen-bond donors (Lipinski definition) is 2. The normalized spacial score (nSPS) is 36.7. The Kier molecular flexibility index (Phi) is 3.79. The van der Waals surface area contributed by atoms with E-state index in [0.717, 1.165) is 6.61 Å². The van der Waals surface area contributed by atoms with Crippen molar-refractivity contribution in [2.75, 3.05) is 13.2 Å². The lowest BCUT2D eigenvalue weighted by atomic mass is 9.55. The van der Waals surface area contributed by atoms with Crippen molar-refractivity contribution in [2.24, 2.45) is 16.7 Å². The summed E-state index contributed by atoms with van der Waals surface area (Å²) in [6.45, 7) is 12.4. The van der Waals surface area contributed by atoms with Crippen LogP contribution < -0.4 is 5.32 Å². The molecule has 2 aliphatic rings. The fourth-order valence-electron chi connectivity index (χ4n) is 3.48. The van der Waals surface area contributed by atoms with E-state index >= 15 is 0 Å². The van der Waals surface area contributed by atoms with Gasteiger partial charge in [-0.1, -0.05) is 34.6 Å². The molecule has 1 saturated carbocycles. The highest BCUT2D eigenvalue weighted by atomic mass is 16.5. The van der Waals surface area contributed by atoms with E-state index < -0.39 is 0 Å². The molecule has 1 saturated heterocycles. The van der Waals surface area contributed by atoms with E-state index in [9.17, 15) is 5.11 Å². The number of rotatable bonds is 3. The van der Waals surface area contributed by atoms with Gasteiger partial charge >= 0.3 is 0 Å². The first-order chi connectivity index (χ1) is 8.24. The van der Waals surface area contributed by atoms with Gasteiger partial charge in [-0.3, -0.25) is 0 Å². The number of fused-ring (bicyclic) bond motifs is 1. The summed E-state index contributed by atoms with van der Waals surface area (Å²) in [5.74, 6) is 0.640. The molecule has 0 amide bonds. The second-order valence-electron chi connectivity index (χ2n) is 7.69. The molecule has 18 heavy (non-hydrogen) atoms. The molecule has 1 aliphatic carbocycles. The van der Waals surface area contributed by atoms with Crippen LogP contribution in [0, 0.1) is 16.7 Å². The van der Waals surface area contributed by atoms with E-state index in [2.05, 4.69) is 39.9 Å². The third-order valence-electron chi connectivity index (χ3n) is 4.86. The third-order valence-corrected chi connectivity index (χ3v) is 4.86. The number of hydrogen-bond acceptors (Lipinski definition) is 3. The Balaban J connectivity index is 1.90. The Labute approximate surface area is 111 Å². The van der Waals surface area contributed by atoms with Gasteiger partial charge in [0.25, 0.3) is 0 Å². The number of aliphatic hydroxyl groups excluding tert-OH is 1. The third kappa shape index (κ3) is 2.45. The van der Waals surface area contributed by atoms with E-state index in [1.165, 1.54) is 12.8 Å². The Bertz CT molecular complexity index is 295. The van der Waals surface area contributed by atoms with Crippen LogP contribution in [0.4, 0.5) is 0 Å². The maximum Gasteiger partial charge on any atom is 0.0712 e. The van der Waals surface area contributed by atoms with Crippen molar-refractivity contribution in [2.45, 2.75) is 65.7 Å². The van der Waals surface area contributed by atoms with Gasteiger partial charge in [0.2, 0.25) is 0 Å². The highest BCUT2D eigenvalue weighted by Crippen LogP contribution is 2.51. The van der Waals surface area contributed by atoms with Crippen LogP contribution in [-0.4, -0.2) is 36.5 Å². The summed E-state index contributed by atoms with van der Waals surface area (Å²) < 4.78 is 5.89. The molecule has 4 atom stereocenters. The van der Waals surface area contributed by atoms with E-state index in [4.69, 9.17) is 4.74 Å². The number of ether oxygens (including phenoxy) is 1.